The molecular formula is C9H14N4O5. The number of rotatable bonds is 3. The Kier molecular flexibility index (Phi) is 3.32. The van der Waals surface area contributed by atoms with Crippen LogP contribution in [-0.2, 0) is 4.74 Å². The van der Waals surface area contributed by atoms with E-state index in [1.807, 2.05) is 0 Å². The van der Waals surface area contributed by atoms with Crippen molar-refractivity contribution in [2.75, 3.05) is 0 Å². The average Bonchev–Trinajstić information content (AvgIpc) is 2.86. The Morgan fingerprint density at radius 3 is 2.61 bits per heavy atom. The molecule has 2 unspecified atom stereocenters. The van der Waals surface area contributed by atoms with Gasteiger partial charge in [0.2, 0.25) is 0 Å². The van der Waals surface area contributed by atoms with Gasteiger partial charge in [-0.2, -0.15) is 0 Å². The van der Waals surface area contributed by atoms with Gasteiger partial charge in [0, 0.05) is 6.20 Å². The quantitative estimate of drug-likeness (QED) is 0.359. The van der Waals surface area contributed by atoms with Crippen LogP contribution in [0.4, 0.5) is 0 Å². The van der Waals surface area contributed by atoms with E-state index in [0.29, 0.717) is 0 Å². The monoisotopic (exact) mass is 258 g/mol. The fraction of sp³-hybridized carbons (Fsp3) is 0.556. The number of nitrogens with two attached hydrogens (primary N) is 2. The third-order valence-electron chi connectivity index (χ3n) is 2.76. The molecule has 18 heavy (non-hydrogen) atoms. The molecule has 1 aliphatic rings. The highest BCUT2D eigenvalue weighted by Crippen LogP contribution is 2.30. The van der Waals surface area contributed by atoms with Gasteiger partial charge in [0.15, 0.2) is 6.23 Å². The third kappa shape index (κ3) is 2.09. The minimum Gasteiger partial charge on any atom is -0.387 e. The van der Waals surface area contributed by atoms with Gasteiger partial charge >= 0.3 is 0 Å². The summed E-state index contributed by atoms with van der Waals surface area (Å²) in [6.45, 7) is 0. The van der Waals surface area contributed by atoms with Crippen LogP contribution in [0.25, 0.3) is 0 Å². The van der Waals surface area contributed by atoms with Crippen molar-refractivity contribution in [3.63, 3.8) is 0 Å². The number of hydrogen-bond donors (Lipinski definition) is 5. The van der Waals surface area contributed by atoms with Crippen LogP contribution in [0.5, 0.6) is 0 Å². The number of amides is 1. The minimum absolute atomic E-state index is 0.00274. The zero-order chi connectivity index (χ0) is 13.4. The standard InChI is InChI=1S/C9H14N4O5/c10-7(16)3-1-13(2-12-3)9-5(15)4(14)6(18-9)8(11)17/h1-2,4-6,8-9,14-15,17H,11H2,(H2,10,16)/t4-,5+,6-,8?,9?/m1/s1. The number of carbonyl (C=O) groups is 1. The summed E-state index contributed by atoms with van der Waals surface area (Å²) in [5.41, 5.74) is 10.2. The first kappa shape index (κ1) is 12.9. The molecule has 0 aromatic carbocycles. The largest absolute Gasteiger partial charge is 0.387 e. The van der Waals surface area contributed by atoms with Gasteiger partial charge in [-0.05, 0) is 0 Å². The Morgan fingerprint density at radius 1 is 1.50 bits per heavy atom. The highest BCUT2D eigenvalue weighted by molar-refractivity contribution is 5.90. The van der Waals surface area contributed by atoms with Crippen molar-refractivity contribution >= 4 is 5.91 Å². The van der Waals surface area contributed by atoms with E-state index in [1.165, 1.54) is 17.1 Å². The zero-order valence-corrected chi connectivity index (χ0v) is 9.25. The highest BCUT2D eigenvalue weighted by Gasteiger charge is 2.46. The first-order chi connectivity index (χ1) is 8.41. The molecule has 2 heterocycles. The van der Waals surface area contributed by atoms with Crippen LogP contribution < -0.4 is 11.5 Å². The average molecular weight is 258 g/mol. The molecule has 1 fully saturated rings. The highest BCUT2D eigenvalue weighted by atomic mass is 16.6. The van der Waals surface area contributed by atoms with Crippen molar-refractivity contribution in [1.29, 1.82) is 0 Å². The van der Waals surface area contributed by atoms with Crippen LogP contribution in [-0.4, -0.2) is 55.3 Å². The Bertz CT molecular complexity index is 448. The maximum Gasteiger partial charge on any atom is 0.268 e. The molecular weight excluding hydrogens is 244 g/mol. The van der Waals surface area contributed by atoms with Crippen molar-refractivity contribution in [3.05, 3.63) is 18.2 Å². The molecule has 2 rings (SSSR count). The molecule has 1 aromatic rings. The summed E-state index contributed by atoms with van der Waals surface area (Å²) >= 11 is 0. The Hall–Kier alpha value is -1.52. The van der Waals surface area contributed by atoms with Gasteiger partial charge in [0.25, 0.3) is 5.91 Å². The van der Waals surface area contributed by atoms with Gasteiger partial charge in [-0.25, -0.2) is 4.98 Å². The van der Waals surface area contributed by atoms with Crippen molar-refractivity contribution in [2.45, 2.75) is 30.8 Å². The maximum atomic E-state index is 10.9. The van der Waals surface area contributed by atoms with E-state index in [9.17, 15) is 20.1 Å². The summed E-state index contributed by atoms with van der Waals surface area (Å²) in [4.78, 5) is 14.6. The molecule has 0 radical (unpaired) electrons. The van der Waals surface area contributed by atoms with E-state index in [4.69, 9.17) is 16.2 Å². The summed E-state index contributed by atoms with van der Waals surface area (Å²) in [7, 11) is 0. The van der Waals surface area contributed by atoms with E-state index in [0.717, 1.165) is 0 Å². The zero-order valence-electron chi connectivity index (χ0n) is 9.25. The van der Waals surface area contributed by atoms with Crippen LogP contribution in [0.3, 0.4) is 0 Å². The molecule has 100 valence electrons. The molecule has 5 atom stereocenters. The predicted molar refractivity (Wildman–Crippen MR) is 56.9 cm³/mol. The Labute approximate surface area is 102 Å². The van der Waals surface area contributed by atoms with Gasteiger partial charge < -0.3 is 36.1 Å². The predicted octanol–water partition coefficient (Wildman–Crippen LogP) is -3.12. The molecule has 0 saturated carbocycles. The van der Waals surface area contributed by atoms with Crippen LogP contribution in [0.15, 0.2) is 12.5 Å². The summed E-state index contributed by atoms with van der Waals surface area (Å²) in [6.07, 6.45) is -3.69. The number of carbonyl (C=O) groups excluding carboxylic acids is 1. The Balaban J connectivity index is 2.20. The number of hydrogen-bond acceptors (Lipinski definition) is 7. The molecule has 9 nitrogen and oxygen atoms in total. The lowest BCUT2D eigenvalue weighted by Gasteiger charge is -2.16. The van der Waals surface area contributed by atoms with E-state index < -0.39 is 36.7 Å². The number of primary amides is 1. The SMILES string of the molecule is NC(=O)c1cn(C2O[C@@H](C(N)O)[C@H](O)[C@@H]2O)cn1. The van der Waals surface area contributed by atoms with Crippen LogP contribution in [0.2, 0.25) is 0 Å². The number of aromatic nitrogens is 2. The molecule has 0 aliphatic carbocycles. The van der Waals surface area contributed by atoms with Gasteiger partial charge in [0.05, 0.1) is 6.33 Å². The number of aliphatic hydroxyl groups is 3. The molecule has 1 aliphatic heterocycles. The van der Waals surface area contributed by atoms with Gasteiger partial charge in [-0.3, -0.25) is 4.79 Å². The molecule has 9 heteroatoms. The summed E-state index contributed by atoms with van der Waals surface area (Å²) in [5.74, 6) is -0.725. The van der Waals surface area contributed by atoms with Crippen molar-refractivity contribution in [1.82, 2.24) is 9.55 Å². The number of ether oxygens (including phenoxy) is 1. The van der Waals surface area contributed by atoms with Gasteiger partial charge in [0.1, 0.15) is 30.2 Å². The van der Waals surface area contributed by atoms with Crippen molar-refractivity contribution in [2.24, 2.45) is 11.5 Å². The Morgan fingerprint density at radius 2 is 2.17 bits per heavy atom. The van der Waals surface area contributed by atoms with Crippen molar-refractivity contribution < 1.29 is 24.9 Å². The molecule has 7 N–H and O–H groups in total. The first-order valence-corrected chi connectivity index (χ1v) is 5.20. The fourth-order valence-electron chi connectivity index (χ4n) is 1.82. The minimum atomic E-state index is -1.43. The number of aliphatic hydroxyl groups excluding tert-OH is 3. The molecule has 1 saturated heterocycles. The van der Waals surface area contributed by atoms with E-state index in [1.54, 1.807) is 0 Å². The normalized spacial score (nSPS) is 33.6. The molecule has 1 amide bonds. The van der Waals surface area contributed by atoms with Crippen molar-refractivity contribution in [3.8, 4) is 0 Å². The lowest BCUT2D eigenvalue weighted by Crippen LogP contribution is -2.43. The lowest BCUT2D eigenvalue weighted by molar-refractivity contribution is -0.0824. The smallest absolute Gasteiger partial charge is 0.268 e. The number of nitrogens with zero attached hydrogens (tertiary/aromatic N) is 2. The second kappa shape index (κ2) is 4.63. The van der Waals surface area contributed by atoms with Crippen LogP contribution >= 0.6 is 0 Å². The van der Waals surface area contributed by atoms with Crippen LogP contribution in [0.1, 0.15) is 16.7 Å². The van der Waals surface area contributed by atoms with E-state index in [2.05, 4.69) is 4.98 Å². The lowest BCUT2D eigenvalue weighted by atomic mass is 10.1. The molecule has 1 aromatic heterocycles. The summed E-state index contributed by atoms with van der Waals surface area (Å²) in [6, 6.07) is 0. The van der Waals surface area contributed by atoms with E-state index >= 15 is 0 Å². The second-order valence-electron chi connectivity index (χ2n) is 4.03. The number of imidazole rings is 1. The third-order valence-corrected chi connectivity index (χ3v) is 2.76. The maximum absolute atomic E-state index is 10.9. The second-order valence-corrected chi connectivity index (χ2v) is 4.03. The fourth-order valence-corrected chi connectivity index (χ4v) is 1.82. The van der Waals surface area contributed by atoms with Crippen LogP contribution in [0, 0.1) is 0 Å². The molecule has 0 spiro atoms. The molecule has 0 bridgehead atoms. The summed E-state index contributed by atoms with van der Waals surface area (Å²) < 4.78 is 6.50. The van der Waals surface area contributed by atoms with E-state index in [-0.39, 0.29) is 5.69 Å². The first-order valence-electron chi connectivity index (χ1n) is 5.20. The summed E-state index contributed by atoms with van der Waals surface area (Å²) in [5, 5.41) is 28.6. The topological polar surface area (TPSA) is 157 Å². The van der Waals surface area contributed by atoms with Gasteiger partial charge in [-0.15, -0.1) is 0 Å². The van der Waals surface area contributed by atoms with Gasteiger partial charge in [-0.1, -0.05) is 0 Å².